The molecule has 0 atom stereocenters. The zero-order valence-corrected chi connectivity index (χ0v) is 13.3. The second-order valence-electron chi connectivity index (χ2n) is 6.29. The molecule has 3 rings (SSSR count). The third-order valence-corrected chi connectivity index (χ3v) is 4.42. The number of hydrogen-bond acceptors (Lipinski definition) is 4. The number of aliphatic hydroxyl groups is 1. The molecule has 3 heterocycles. The Kier molecular flexibility index (Phi) is 5.08. The highest BCUT2D eigenvalue weighted by atomic mass is 16.3. The monoisotopic (exact) mass is 302 g/mol. The molecule has 22 heavy (non-hydrogen) atoms. The van der Waals surface area contributed by atoms with Crippen molar-refractivity contribution in [3.63, 3.8) is 0 Å². The van der Waals surface area contributed by atoms with Gasteiger partial charge in [0, 0.05) is 25.8 Å². The van der Waals surface area contributed by atoms with Crippen LogP contribution in [0.4, 0.5) is 0 Å². The van der Waals surface area contributed by atoms with Crippen molar-refractivity contribution in [2.45, 2.75) is 38.8 Å². The van der Waals surface area contributed by atoms with Crippen molar-refractivity contribution in [1.82, 2.24) is 19.6 Å². The molecule has 0 saturated carbocycles. The van der Waals surface area contributed by atoms with Gasteiger partial charge in [-0.05, 0) is 50.9 Å². The minimum absolute atomic E-state index is 0.0759. The summed E-state index contributed by atoms with van der Waals surface area (Å²) in [6, 6.07) is 4.15. The molecule has 0 aromatic carbocycles. The zero-order chi connectivity index (χ0) is 15.4. The van der Waals surface area contributed by atoms with Crippen LogP contribution < -0.4 is 5.32 Å². The molecule has 0 spiro atoms. The first-order chi connectivity index (χ1) is 10.7. The van der Waals surface area contributed by atoms with Gasteiger partial charge < -0.3 is 19.7 Å². The lowest BCUT2D eigenvalue weighted by Gasteiger charge is -2.29. The van der Waals surface area contributed by atoms with E-state index in [-0.39, 0.29) is 6.10 Å². The summed E-state index contributed by atoms with van der Waals surface area (Å²) in [5.41, 5.74) is 3.47. The van der Waals surface area contributed by atoms with Crippen LogP contribution in [0.5, 0.6) is 0 Å². The maximum Gasteiger partial charge on any atom is 0.136 e. The number of fused-ring (bicyclic) bond motifs is 1. The first-order valence-corrected chi connectivity index (χ1v) is 8.26. The molecule has 1 fully saturated rings. The topological polar surface area (TPSA) is 52.8 Å². The maximum absolute atomic E-state index is 9.50. The second-order valence-corrected chi connectivity index (χ2v) is 6.29. The number of likely N-dealkylation sites (tertiary alicyclic amines) is 1. The third kappa shape index (κ3) is 3.85. The van der Waals surface area contributed by atoms with E-state index in [4.69, 9.17) is 0 Å². The van der Waals surface area contributed by atoms with Crippen LogP contribution in [0.1, 0.15) is 30.5 Å². The van der Waals surface area contributed by atoms with E-state index >= 15 is 0 Å². The van der Waals surface area contributed by atoms with Crippen LogP contribution in [0.3, 0.4) is 0 Å². The zero-order valence-electron chi connectivity index (χ0n) is 13.3. The van der Waals surface area contributed by atoms with Gasteiger partial charge in [0.25, 0.3) is 0 Å². The number of piperidine rings is 1. The van der Waals surface area contributed by atoms with Crippen molar-refractivity contribution in [2.24, 2.45) is 0 Å². The summed E-state index contributed by atoms with van der Waals surface area (Å²) in [7, 11) is 0. The molecule has 2 aromatic heterocycles. The summed E-state index contributed by atoms with van der Waals surface area (Å²) in [5.74, 6) is 0. The molecule has 0 bridgehead atoms. The molecule has 0 aliphatic carbocycles. The average Bonchev–Trinajstić information content (AvgIpc) is 2.91. The Hall–Kier alpha value is -1.43. The Bertz CT molecular complexity index is 602. The van der Waals surface area contributed by atoms with E-state index < -0.39 is 0 Å². The smallest absolute Gasteiger partial charge is 0.136 e. The Morgan fingerprint density at radius 1 is 1.32 bits per heavy atom. The SMILES string of the molecule is Cc1ccc2ncc(CNCCCN3CCC(O)CC3)n2c1. The average molecular weight is 302 g/mol. The molecule has 0 radical (unpaired) electrons. The Balaban J connectivity index is 1.40. The van der Waals surface area contributed by atoms with E-state index in [0.717, 1.165) is 57.6 Å². The molecule has 5 heteroatoms. The van der Waals surface area contributed by atoms with Crippen LogP contribution in [-0.4, -0.2) is 51.7 Å². The molecule has 120 valence electrons. The van der Waals surface area contributed by atoms with E-state index in [1.165, 1.54) is 11.3 Å². The van der Waals surface area contributed by atoms with Crippen molar-refractivity contribution in [3.05, 3.63) is 35.8 Å². The number of hydrogen-bond donors (Lipinski definition) is 2. The number of aryl methyl sites for hydroxylation is 1. The number of imidazole rings is 1. The van der Waals surface area contributed by atoms with E-state index in [9.17, 15) is 5.11 Å². The third-order valence-electron chi connectivity index (χ3n) is 4.42. The molecular formula is C17H26N4O. The quantitative estimate of drug-likeness (QED) is 0.796. The standard InChI is InChI=1S/C17H26N4O/c1-14-3-4-17-19-12-15(21(17)13-14)11-18-7-2-8-20-9-5-16(22)6-10-20/h3-4,12-13,16,18,22H,2,5-11H2,1H3. The fraction of sp³-hybridized carbons (Fsp3) is 0.588. The van der Waals surface area contributed by atoms with E-state index in [1.54, 1.807) is 0 Å². The van der Waals surface area contributed by atoms with Crippen molar-refractivity contribution in [3.8, 4) is 0 Å². The van der Waals surface area contributed by atoms with Gasteiger partial charge in [0.1, 0.15) is 5.65 Å². The molecule has 1 saturated heterocycles. The molecule has 5 nitrogen and oxygen atoms in total. The summed E-state index contributed by atoms with van der Waals surface area (Å²) in [5, 5.41) is 13.0. The molecule has 0 amide bonds. The van der Waals surface area contributed by atoms with Gasteiger partial charge >= 0.3 is 0 Å². The summed E-state index contributed by atoms with van der Waals surface area (Å²) in [6.07, 6.45) is 7.01. The number of aromatic nitrogens is 2. The normalized spacial score (nSPS) is 17.4. The lowest BCUT2D eigenvalue weighted by Crippen LogP contribution is -2.37. The molecule has 0 unspecified atom stereocenters. The van der Waals surface area contributed by atoms with Crippen molar-refractivity contribution in [2.75, 3.05) is 26.2 Å². The van der Waals surface area contributed by atoms with Crippen LogP contribution >= 0.6 is 0 Å². The fourth-order valence-electron chi connectivity index (χ4n) is 3.06. The summed E-state index contributed by atoms with van der Waals surface area (Å²) < 4.78 is 2.16. The predicted molar refractivity (Wildman–Crippen MR) is 87.9 cm³/mol. The van der Waals surface area contributed by atoms with Gasteiger partial charge in [-0.1, -0.05) is 6.07 Å². The Morgan fingerprint density at radius 2 is 2.14 bits per heavy atom. The molecule has 1 aliphatic rings. The van der Waals surface area contributed by atoms with E-state index in [2.05, 4.69) is 44.9 Å². The minimum Gasteiger partial charge on any atom is -0.393 e. The lowest BCUT2D eigenvalue weighted by molar-refractivity contribution is 0.0821. The van der Waals surface area contributed by atoms with Gasteiger partial charge in [-0.15, -0.1) is 0 Å². The van der Waals surface area contributed by atoms with E-state index in [1.807, 2.05) is 6.20 Å². The van der Waals surface area contributed by atoms with Gasteiger partial charge in [0.2, 0.25) is 0 Å². The minimum atomic E-state index is -0.0759. The summed E-state index contributed by atoms with van der Waals surface area (Å²) >= 11 is 0. The molecule has 1 aliphatic heterocycles. The van der Waals surface area contributed by atoms with Gasteiger partial charge in [-0.2, -0.15) is 0 Å². The Labute approximate surface area is 132 Å². The fourth-order valence-corrected chi connectivity index (χ4v) is 3.06. The number of nitrogens with one attached hydrogen (secondary N) is 1. The van der Waals surface area contributed by atoms with Crippen LogP contribution in [0, 0.1) is 6.92 Å². The van der Waals surface area contributed by atoms with Gasteiger partial charge in [-0.25, -0.2) is 4.98 Å². The molecule has 2 aromatic rings. The highest BCUT2D eigenvalue weighted by Gasteiger charge is 2.15. The first kappa shape index (κ1) is 15.5. The largest absolute Gasteiger partial charge is 0.393 e. The Morgan fingerprint density at radius 3 is 2.95 bits per heavy atom. The van der Waals surface area contributed by atoms with Crippen molar-refractivity contribution < 1.29 is 5.11 Å². The van der Waals surface area contributed by atoms with Gasteiger partial charge in [-0.3, -0.25) is 0 Å². The molecular weight excluding hydrogens is 276 g/mol. The highest BCUT2D eigenvalue weighted by Crippen LogP contribution is 2.10. The highest BCUT2D eigenvalue weighted by molar-refractivity contribution is 5.41. The number of aliphatic hydroxyl groups excluding tert-OH is 1. The number of pyridine rings is 1. The van der Waals surface area contributed by atoms with Crippen LogP contribution in [0.2, 0.25) is 0 Å². The number of nitrogens with zero attached hydrogens (tertiary/aromatic N) is 3. The van der Waals surface area contributed by atoms with E-state index in [0.29, 0.717) is 0 Å². The first-order valence-electron chi connectivity index (χ1n) is 8.26. The van der Waals surface area contributed by atoms with Crippen LogP contribution in [0.25, 0.3) is 5.65 Å². The van der Waals surface area contributed by atoms with Crippen molar-refractivity contribution in [1.29, 1.82) is 0 Å². The maximum atomic E-state index is 9.50. The lowest BCUT2D eigenvalue weighted by atomic mass is 10.1. The van der Waals surface area contributed by atoms with Crippen LogP contribution in [-0.2, 0) is 6.54 Å². The summed E-state index contributed by atoms with van der Waals surface area (Å²) in [4.78, 5) is 6.88. The molecule has 2 N–H and O–H groups in total. The number of rotatable bonds is 6. The van der Waals surface area contributed by atoms with Gasteiger partial charge in [0.15, 0.2) is 0 Å². The van der Waals surface area contributed by atoms with Crippen LogP contribution in [0.15, 0.2) is 24.5 Å². The predicted octanol–water partition coefficient (Wildman–Crippen LogP) is 1.58. The summed E-state index contributed by atoms with van der Waals surface area (Å²) in [6.45, 7) is 7.15. The van der Waals surface area contributed by atoms with Crippen molar-refractivity contribution >= 4 is 5.65 Å². The van der Waals surface area contributed by atoms with Gasteiger partial charge in [0.05, 0.1) is 18.0 Å². The second kappa shape index (κ2) is 7.22.